The van der Waals surface area contributed by atoms with E-state index < -0.39 is 0 Å². The molecule has 3 aromatic rings. The zero-order valence-electron chi connectivity index (χ0n) is 13.7. The highest BCUT2D eigenvalue weighted by Gasteiger charge is 2.09. The van der Waals surface area contributed by atoms with E-state index >= 15 is 0 Å². The molecule has 0 unspecified atom stereocenters. The number of carbonyl (C=O) groups excluding carboxylic acids is 1. The van der Waals surface area contributed by atoms with Crippen molar-refractivity contribution < 1.29 is 14.6 Å². The number of benzene rings is 3. The molecule has 0 aliphatic rings. The summed E-state index contributed by atoms with van der Waals surface area (Å²) >= 11 is 0. The first-order valence-corrected chi connectivity index (χ1v) is 8.03. The predicted octanol–water partition coefficient (Wildman–Crippen LogP) is 4.01. The number of carbonyl (C=O) groups is 1. The number of hydrogen-bond acceptors (Lipinski definition) is 3. The van der Waals surface area contributed by atoms with Crippen LogP contribution in [0.4, 0.5) is 5.69 Å². The van der Waals surface area contributed by atoms with E-state index in [1.54, 1.807) is 30.3 Å². The monoisotopic (exact) mass is 333 g/mol. The van der Waals surface area contributed by atoms with Gasteiger partial charge in [0.05, 0.1) is 6.61 Å². The Bertz CT molecular complexity index is 847. The van der Waals surface area contributed by atoms with Crippen molar-refractivity contribution in [3.8, 4) is 5.75 Å². The molecule has 3 rings (SSSR count). The molecule has 0 aliphatic carbocycles. The molecule has 4 heteroatoms. The second kappa shape index (κ2) is 8.13. The van der Waals surface area contributed by atoms with Crippen molar-refractivity contribution in [2.75, 3.05) is 5.32 Å². The summed E-state index contributed by atoms with van der Waals surface area (Å²) in [5.74, 6) is 0.387. The van der Waals surface area contributed by atoms with Crippen LogP contribution in [-0.2, 0) is 13.2 Å². The molecule has 0 heterocycles. The molecule has 0 saturated carbocycles. The zero-order valence-corrected chi connectivity index (χ0v) is 13.7. The molecule has 0 aromatic heterocycles. The van der Waals surface area contributed by atoms with E-state index in [1.165, 1.54) is 0 Å². The van der Waals surface area contributed by atoms with Crippen LogP contribution in [-0.4, -0.2) is 11.0 Å². The molecule has 0 bridgehead atoms. The SMILES string of the molecule is O=C(Nc1ccccc1CO)c1cccc(OCc2ccccc2)c1. The Labute approximate surface area is 146 Å². The average Bonchev–Trinajstić information content (AvgIpc) is 2.68. The van der Waals surface area contributed by atoms with Gasteiger partial charge in [-0.05, 0) is 29.8 Å². The van der Waals surface area contributed by atoms with E-state index in [2.05, 4.69) is 5.32 Å². The lowest BCUT2D eigenvalue weighted by Gasteiger charge is -2.11. The normalized spacial score (nSPS) is 10.3. The highest BCUT2D eigenvalue weighted by Crippen LogP contribution is 2.19. The third kappa shape index (κ3) is 4.46. The smallest absolute Gasteiger partial charge is 0.255 e. The van der Waals surface area contributed by atoms with Crippen LogP contribution in [0.5, 0.6) is 5.75 Å². The Hall–Kier alpha value is -3.11. The second-order valence-corrected chi connectivity index (χ2v) is 5.57. The molecular formula is C21H19NO3. The number of para-hydroxylation sites is 1. The maximum atomic E-state index is 12.5. The van der Waals surface area contributed by atoms with E-state index in [0.29, 0.717) is 29.2 Å². The molecule has 0 fully saturated rings. The zero-order chi connectivity index (χ0) is 17.5. The summed E-state index contributed by atoms with van der Waals surface area (Å²) in [6.45, 7) is 0.315. The molecule has 2 N–H and O–H groups in total. The lowest BCUT2D eigenvalue weighted by molar-refractivity contribution is 0.102. The van der Waals surface area contributed by atoms with Gasteiger partial charge in [-0.1, -0.05) is 54.6 Å². The fraction of sp³-hybridized carbons (Fsp3) is 0.0952. The quantitative estimate of drug-likeness (QED) is 0.716. The molecule has 25 heavy (non-hydrogen) atoms. The number of aliphatic hydroxyl groups is 1. The minimum atomic E-state index is -0.244. The van der Waals surface area contributed by atoms with E-state index in [1.807, 2.05) is 48.5 Å². The molecule has 0 spiro atoms. The van der Waals surface area contributed by atoms with E-state index in [0.717, 1.165) is 5.56 Å². The second-order valence-electron chi connectivity index (χ2n) is 5.57. The highest BCUT2D eigenvalue weighted by atomic mass is 16.5. The van der Waals surface area contributed by atoms with Gasteiger partial charge in [0.15, 0.2) is 0 Å². The van der Waals surface area contributed by atoms with Gasteiger partial charge in [0.1, 0.15) is 12.4 Å². The van der Waals surface area contributed by atoms with Crippen LogP contribution in [0.1, 0.15) is 21.5 Å². The van der Waals surface area contributed by atoms with Crippen LogP contribution in [0.15, 0.2) is 78.9 Å². The Morgan fingerprint density at radius 2 is 1.68 bits per heavy atom. The molecule has 1 amide bonds. The number of hydrogen-bond donors (Lipinski definition) is 2. The lowest BCUT2D eigenvalue weighted by atomic mass is 10.1. The number of nitrogens with one attached hydrogen (secondary N) is 1. The van der Waals surface area contributed by atoms with Crippen LogP contribution < -0.4 is 10.1 Å². The summed E-state index contributed by atoms with van der Waals surface area (Å²) in [5, 5.41) is 12.2. The Kier molecular flexibility index (Phi) is 5.44. The van der Waals surface area contributed by atoms with Gasteiger partial charge in [-0.2, -0.15) is 0 Å². The molecule has 3 aromatic carbocycles. The van der Waals surface area contributed by atoms with Crippen LogP contribution in [0.25, 0.3) is 0 Å². The van der Waals surface area contributed by atoms with Gasteiger partial charge >= 0.3 is 0 Å². The Balaban J connectivity index is 1.69. The summed E-state index contributed by atoms with van der Waals surface area (Å²) < 4.78 is 5.76. The first-order chi connectivity index (χ1) is 12.3. The van der Waals surface area contributed by atoms with Gasteiger partial charge in [0.25, 0.3) is 5.91 Å². The minimum Gasteiger partial charge on any atom is -0.489 e. The van der Waals surface area contributed by atoms with Crippen LogP contribution >= 0.6 is 0 Å². The Morgan fingerprint density at radius 1 is 0.920 bits per heavy atom. The summed E-state index contributed by atoms with van der Waals surface area (Å²) in [6.07, 6.45) is 0. The van der Waals surface area contributed by atoms with Crippen molar-refractivity contribution in [1.29, 1.82) is 0 Å². The number of ether oxygens (including phenoxy) is 1. The summed E-state index contributed by atoms with van der Waals surface area (Å²) in [4.78, 5) is 12.5. The van der Waals surface area contributed by atoms with Crippen molar-refractivity contribution in [3.63, 3.8) is 0 Å². The van der Waals surface area contributed by atoms with Crippen molar-refractivity contribution in [3.05, 3.63) is 95.6 Å². The van der Waals surface area contributed by atoms with Gasteiger partial charge < -0.3 is 15.2 Å². The number of anilines is 1. The lowest BCUT2D eigenvalue weighted by Crippen LogP contribution is -2.13. The predicted molar refractivity (Wildman–Crippen MR) is 97.5 cm³/mol. The van der Waals surface area contributed by atoms with E-state index in [4.69, 9.17) is 4.74 Å². The van der Waals surface area contributed by atoms with Gasteiger partial charge in [0.2, 0.25) is 0 Å². The van der Waals surface area contributed by atoms with Gasteiger partial charge in [-0.15, -0.1) is 0 Å². The highest BCUT2D eigenvalue weighted by molar-refractivity contribution is 6.04. The largest absolute Gasteiger partial charge is 0.489 e. The maximum Gasteiger partial charge on any atom is 0.255 e. The average molecular weight is 333 g/mol. The number of aliphatic hydroxyl groups excluding tert-OH is 1. The van der Waals surface area contributed by atoms with E-state index in [9.17, 15) is 9.90 Å². The minimum absolute atomic E-state index is 0.128. The molecule has 0 aliphatic heterocycles. The van der Waals surface area contributed by atoms with E-state index in [-0.39, 0.29) is 12.5 Å². The number of amides is 1. The molecule has 0 atom stereocenters. The van der Waals surface area contributed by atoms with Crippen LogP contribution in [0.3, 0.4) is 0 Å². The van der Waals surface area contributed by atoms with Gasteiger partial charge in [-0.25, -0.2) is 0 Å². The fourth-order valence-electron chi connectivity index (χ4n) is 2.44. The van der Waals surface area contributed by atoms with Crippen LogP contribution in [0.2, 0.25) is 0 Å². The van der Waals surface area contributed by atoms with Crippen molar-refractivity contribution in [2.45, 2.75) is 13.2 Å². The first-order valence-electron chi connectivity index (χ1n) is 8.03. The van der Waals surface area contributed by atoms with Gasteiger partial charge in [0, 0.05) is 16.8 Å². The van der Waals surface area contributed by atoms with Crippen molar-refractivity contribution >= 4 is 11.6 Å². The molecular weight excluding hydrogens is 314 g/mol. The molecule has 126 valence electrons. The maximum absolute atomic E-state index is 12.5. The molecule has 0 saturated heterocycles. The van der Waals surface area contributed by atoms with Gasteiger partial charge in [-0.3, -0.25) is 4.79 Å². The van der Waals surface area contributed by atoms with Crippen molar-refractivity contribution in [1.82, 2.24) is 0 Å². The topological polar surface area (TPSA) is 58.6 Å². The third-order valence-electron chi connectivity index (χ3n) is 3.78. The van der Waals surface area contributed by atoms with Crippen LogP contribution in [0, 0.1) is 0 Å². The summed E-state index contributed by atoms with van der Waals surface area (Å²) in [6, 6.07) is 24.1. The van der Waals surface area contributed by atoms with Crippen molar-refractivity contribution in [2.24, 2.45) is 0 Å². The summed E-state index contributed by atoms with van der Waals surface area (Å²) in [5.41, 5.74) is 2.84. The fourth-order valence-corrected chi connectivity index (χ4v) is 2.44. The molecule has 0 radical (unpaired) electrons. The summed E-state index contributed by atoms with van der Waals surface area (Å²) in [7, 11) is 0. The Morgan fingerprint density at radius 3 is 2.48 bits per heavy atom. The standard InChI is InChI=1S/C21H19NO3/c23-14-18-9-4-5-12-20(18)22-21(24)17-10-6-11-19(13-17)25-15-16-7-2-1-3-8-16/h1-13,23H,14-15H2,(H,22,24). The first kappa shape index (κ1) is 16.7. The number of rotatable bonds is 6. The molecule has 4 nitrogen and oxygen atoms in total. The third-order valence-corrected chi connectivity index (χ3v) is 3.78.